The quantitative estimate of drug-likeness (QED) is 0.830. The van der Waals surface area contributed by atoms with Crippen molar-refractivity contribution in [2.45, 2.75) is 6.92 Å². The predicted octanol–water partition coefficient (Wildman–Crippen LogP) is 3.38. The molecule has 0 bridgehead atoms. The molecule has 0 aliphatic carbocycles. The minimum Gasteiger partial charge on any atom is -0.507 e. The number of hydrogen-bond donors (Lipinski definition) is 1. The van der Waals surface area contributed by atoms with E-state index in [2.05, 4.69) is 0 Å². The summed E-state index contributed by atoms with van der Waals surface area (Å²) in [6.45, 7) is 2.00. The molecule has 0 amide bonds. The van der Waals surface area contributed by atoms with Gasteiger partial charge in [-0.3, -0.25) is 0 Å². The summed E-state index contributed by atoms with van der Waals surface area (Å²) >= 11 is 0. The van der Waals surface area contributed by atoms with Crippen LogP contribution < -0.4 is 4.74 Å². The fourth-order valence-electron chi connectivity index (χ4n) is 1.67. The second-order valence-corrected chi connectivity index (χ2v) is 3.75. The minimum absolute atomic E-state index is 0.291. The Labute approximate surface area is 95.1 Å². The van der Waals surface area contributed by atoms with Gasteiger partial charge in [-0.25, -0.2) is 0 Å². The van der Waals surface area contributed by atoms with E-state index in [0.29, 0.717) is 5.75 Å². The molecule has 0 saturated heterocycles. The van der Waals surface area contributed by atoms with Gasteiger partial charge in [0.1, 0.15) is 11.5 Å². The monoisotopic (exact) mass is 214 g/mol. The second kappa shape index (κ2) is 4.27. The van der Waals surface area contributed by atoms with Crippen molar-refractivity contribution in [1.29, 1.82) is 0 Å². The number of hydrogen-bond acceptors (Lipinski definition) is 2. The third-order valence-electron chi connectivity index (χ3n) is 2.53. The van der Waals surface area contributed by atoms with Gasteiger partial charge in [0.2, 0.25) is 0 Å². The smallest absolute Gasteiger partial charge is 0.123 e. The van der Waals surface area contributed by atoms with E-state index in [0.717, 1.165) is 22.4 Å². The maximum Gasteiger partial charge on any atom is 0.123 e. The largest absolute Gasteiger partial charge is 0.507 e. The Morgan fingerprint density at radius 3 is 2.62 bits per heavy atom. The lowest BCUT2D eigenvalue weighted by molar-refractivity contribution is 0.415. The average Bonchev–Trinajstić information content (AvgIpc) is 2.32. The van der Waals surface area contributed by atoms with Gasteiger partial charge in [0.15, 0.2) is 0 Å². The third-order valence-corrected chi connectivity index (χ3v) is 2.53. The van der Waals surface area contributed by atoms with Gasteiger partial charge in [-0.15, -0.1) is 0 Å². The summed E-state index contributed by atoms with van der Waals surface area (Å²) in [6, 6.07) is 13.2. The minimum atomic E-state index is 0.291. The average molecular weight is 214 g/mol. The van der Waals surface area contributed by atoms with E-state index in [4.69, 9.17) is 4.74 Å². The number of aromatic hydroxyl groups is 1. The van der Waals surface area contributed by atoms with Gasteiger partial charge in [-0.2, -0.15) is 0 Å². The lowest BCUT2D eigenvalue weighted by atomic mass is 10.0. The van der Waals surface area contributed by atoms with Crippen LogP contribution in [0.25, 0.3) is 11.1 Å². The van der Waals surface area contributed by atoms with Crippen LogP contribution in [0.2, 0.25) is 0 Å². The Morgan fingerprint density at radius 1 is 1.06 bits per heavy atom. The molecular formula is C14H14O2. The summed E-state index contributed by atoms with van der Waals surface area (Å²) in [5.74, 6) is 1.08. The van der Waals surface area contributed by atoms with Crippen molar-refractivity contribution in [2.24, 2.45) is 0 Å². The molecule has 2 heteroatoms. The van der Waals surface area contributed by atoms with Gasteiger partial charge in [0.05, 0.1) is 7.11 Å². The molecule has 0 aliphatic rings. The molecule has 0 aromatic heterocycles. The first-order valence-electron chi connectivity index (χ1n) is 5.15. The number of rotatable bonds is 2. The Balaban J connectivity index is 2.53. The van der Waals surface area contributed by atoms with Gasteiger partial charge in [-0.1, -0.05) is 23.8 Å². The number of methoxy groups -OCH3 is 1. The topological polar surface area (TPSA) is 29.5 Å². The highest BCUT2D eigenvalue weighted by atomic mass is 16.5. The van der Waals surface area contributed by atoms with Crippen molar-refractivity contribution in [1.82, 2.24) is 0 Å². The zero-order chi connectivity index (χ0) is 11.5. The highest BCUT2D eigenvalue weighted by Crippen LogP contribution is 2.31. The highest BCUT2D eigenvalue weighted by molar-refractivity contribution is 5.71. The molecule has 0 saturated carbocycles. The Morgan fingerprint density at radius 2 is 1.88 bits per heavy atom. The first-order chi connectivity index (χ1) is 7.70. The van der Waals surface area contributed by atoms with Crippen LogP contribution in [0.5, 0.6) is 11.5 Å². The van der Waals surface area contributed by atoms with Crippen LogP contribution >= 0.6 is 0 Å². The first kappa shape index (κ1) is 10.6. The van der Waals surface area contributed by atoms with Crippen LogP contribution in [-0.4, -0.2) is 12.2 Å². The van der Waals surface area contributed by atoms with Crippen molar-refractivity contribution in [3.63, 3.8) is 0 Å². The molecular weight excluding hydrogens is 200 g/mol. The maximum absolute atomic E-state index is 9.81. The summed E-state index contributed by atoms with van der Waals surface area (Å²) in [7, 11) is 1.63. The van der Waals surface area contributed by atoms with Crippen LogP contribution in [0.1, 0.15) is 5.56 Å². The molecule has 16 heavy (non-hydrogen) atoms. The van der Waals surface area contributed by atoms with E-state index in [1.54, 1.807) is 13.2 Å². The Kier molecular flexibility index (Phi) is 2.82. The molecule has 1 N–H and O–H groups in total. The number of aryl methyl sites for hydroxylation is 1. The summed E-state index contributed by atoms with van der Waals surface area (Å²) in [6.07, 6.45) is 0. The van der Waals surface area contributed by atoms with Gasteiger partial charge in [0.25, 0.3) is 0 Å². The first-order valence-corrected chi connectivity index (χ1v) is 5.15. The fraction of sp³-hybridized carbons (Fsp3) is 0.143. The molecule has 0 fully saturated rings. The Bertz CT molecular complexity index is 504. The van der Waals surface area contributed by atoms with Crippen LogP contribution in [-0.2, 0) is 0 Å². The lowest BCUT2D eigenvalue weighted by Crippen LogP contribution is -1.85. The summed E-state index contributed by atoms with van der Waals surface area (Å²) in [5.41, 5.74) is 2.91. The zero-order valence-electron chi connectivity index (χ0n) is 9.40. The molecule has 82 valence electrons. The predicted molar refractivity (Wildman–Crippen MR) is 64.8 cm³/mol. The van der Waals surface area contributed by atoms with Gasteiger partial charge < -0.3 is 9.84 Å². The third kappa shape index (κ3) is 2.01. The zero-order valence-corrected chi connectivity index (χ0v) is 9.40. The molecule has 0 aliphatic heterocycles. The van der Waals surface area contributed by atoms with E-state index in [9.17, 15) is 5.11 Å². The van der Waals surface area contributed by atoms with Gasteiger partial charge >= 0.3 is 0 Å². The number of benzene rings is 2. The van der Waals surface area contributed by atoms with Crippen molar-refractivity contribution >= 4 is 0 Å². The molecule has 0 radical (unpaired) electrons. The highest BCUT2D eigenvalue weighted by Gasteiger charge is 2.05. The van der Waals surface area contributed by atoms with E-state index >= 15 is 0 Å². The molecule has 0 atom stereocenters. The molecule has 0 unspecified atom stereocenters. The van der Waals surface area contributed by atoms with Gasteiger partial charge in [-0.05, 0) is 36.8 Å². The number of phenols is 1. The molecule has 2 rings (SSSR count). The normalized spacial score (nSPS) is 10.1. The Hall–Kier alpha value is -1.96. The van der Waals surface area contributed by atoms with E-state index in [-0.39, 0.29) is 0 Å². The van der Waals surface area contributed by atoms with Crippen molar-refractivity contribution in [3.8, 4) is 22.6 Å². The number of ether oxygens (including phenoxy) is 1. The summed E-state index contributed by atoms with van der Waals surface area (Å²) in [4.78, 5) is 0. The van der Waals surface area contributed by atoms with Crippen molar-refractivity contribution in [2.75, 3.05) is 7.11 Å². The van der Waals surface area contributed by atoms with E-state index in [1.165, 1.54) is 0 Å². The maximum atomic E-state index is 9.81. The number of phenolic OH excluding ortho intramolecular Hbond substituents is 1. The van der Waals surface area contributed by atoms with Crippen molar-refractivity contribution in [3.05, 3.63) is 48.0 Å². The fourth-order valence-corrected chi connectivity index (χ4v) is 1.67. The van der Waals surface area contributed by atoms with E-state index < -0.39 is 0 Å². The summed E-state index contributed by atoms with van der Waals surface area (Å²) in [5, 5.41) is 9.81. The molecule has 2 aromatic carbocycles. The molecule has 0 spiro atoms. The van der Waals surface area contributed by atoms with Gasteiger partial charge in [0, 0.05) is 5.56 Å². The standard InChI is InChI=1S/C14H14O2/c1-10-6-7-14(15)13(8-10)11-4-3-5-12(9-11)16-2/h3-9,15H,1-2H3. The summed E-state index contributed by atoms with van der Waals surface area (Å²) < 4.78 is 5.16. The van der Waals surface area contributed by atoms with Crippen LogP contribution in [0.4, 0.5) is 0 Å². The molecule has 0 heterocycles. The van der Waals surface area contributed by atoms with Crippen LogP contribution in [0.15, 0.2) is 42.5 Å². The van der Waals surface area contributed by atoms with Crippen molar-refractivity contribution < 1.29 is 9.84 Å². The van der Waals surface area contributed by atoms with E-state index in [1.807, 2.05) is 43.3 Å². The van der Waals surface area contributed by atoms with Crippen LogP contribution in [0, 0.1) is 6.92 Å². The molecule has 2 nitrogen and oxygen atoms in total. The SMILES string of the molecule is COc1cccc(-c2cc(C)ccc2O)c1. The van der Waals surface area contributed by atoms with Crippen LogP contribution in [0.3, 0.4) is 0 Å². The molecule has 2 aromatic rings. The second-order valence-electron chi connectivity index (χ2n) is 3.75. The lowest BCUT2D eigenvalue weighted by Gasteiger charge is -2.07.